The van der Waals surface area contributed by atoms with Crippen molar-refractivity contribution in [3.8, 4) is 5.75 Å². The fourth-order valence-electron chi connectivity index (χ4n) is 2.78. The molecule has 2 heterocycles. The van der Waals surface area contributed by atoms with Crippen molar-refractivity contribution in [1.82, 2.24) is 9.88 Å². The maximum Gasteiger partial charge on any atom is 0.289 e. The summed E-state index contributed by atoms with van der Waals surface area (Å²) in [4.78, 5) is 29.5. The summed E-state index contributed by atoms with van der Waals surface area (Å²) in [6.45, 7) is 0.500. The van der Waals surface area contributed by atoms with Crippen LogP contribution in [0.2, 0.25) is 0 Å². The highest BCUT2D eigenvalue weighted by Crippen LogP contribution is 2.38. The zero-order valence-corrected chi connectivity index (χ0v) is 14.9. The van der Waals surface area contributed by atoms with Crippen molar-refractivity contribution in [2.24, 2.45) is 0 Å². The number of carbonyl (C=O) groups excluding carboxylic acids is 2. The number of imide groups is 1. The minimum atomic E-state index is -0.564. The van der Waals surface area contributed by atoms with E-state index in [-0.39, 0.29) is 11.1 Å². The average molecular weight is 364 g/mol. The lowest BCUT2D eigenvalue weighted by molar-refractivity contribution is -0.125. The quantitative estimate of drug-likeness (QED) is 0.695. The molecule has 1 saturated heterocycles. The highest BCUT2D eigenvalue weighted by molar-refractivity contribution is 8.14. The molecule has 0 radical (unpaired) electrons. The molecule has 6 heteroatoms. The predicted molar refractivity (Wildman–Crippen MR) is 101 cm³/mol. The van der Waals surface area contributed by atoms with Gasteiger partial charge in [0, 0.05) is 12.4 Å². The first-order chi connectivity index (χ1) is 12.6. The van der Waals surface area contributed by atoms with Gasteiger partial charge >= 0.3 is 0 Å². The molecule has 1 unspecified atom stereocenters. The topological polar surface area (TPSA) is 59.5 Å². The summed E-state index contributed by atoms with van der Waals surface area (Å²) in [5.74, 6) is 0.534. The van der Waals surface area contributed by atoms with Crippen molar-refractivity contribution in [3.63, 3.8) is 0 Å². The lowest BCUT2D eigenvalue weighted by Crippen LogP contribution is -2.24. The molecule has 130 valence electrons. The highest BCUT2D eigenvalue weighted by atomic mass is 32.2. The molecule has 2 amide bonds. The van der Waals surface area contributed by atoms with Gasteiger partial charge in [-0.05, 0) is 41.6 Å². The Labute approximate surface area is 155 Å². The number of ether oxygens (including phenoxy) is 1. The number of hydrogen-bond acceptors (Lipinski definition) is 5. The van der Waals surface area contributed by atoms with E-state index in [2.05, 4.69) is 4.98 Å². The van der Waals surface area contributed by atoms with Gasteiger partial charge in [-0.15, -0.1) is 0 Å². The zero-order chi connectivity index (χ0) is 18.1. The molecule has 0 bridgehead atoms. The van der Waals surface area contributed by atoms with Crippen molar-refractivity contribution < 1.29 is 14.3 Å². The summed E-state index contributed by atoms with van der Waals surface area (Å²) in [5.41, 5.74) is 2.47. The van der Waals surface area contributed by atoms with E-state index in [0.29, 0.717) is 12.3 Å². The Balaban J connectivity index is 1.55. The number of aromatic nitrogens is 1. The number of thioether (sulfide) groups is 1. The smallest absolute Gasteiger partial charge is 0.289 e. The van der Waals surface area contributed by atoms with Gasteiger partial charge in [-0.1, -0.05) is 36.4 Å². The molecule has 0 saturated carbocycles. The molecule has 3 aromatic rings. The van der Waals surface area contributed by atoms with Gasteiger partial charge < -0.3 is 4.74 Å². The van der Waals surface area contributed by atoms with Gasteiger partial charge in [0.1, 0.15) is 17.6 Å². The van der Waals surface area contributed by atoms with Crippen LogP contribution in [0.5, 0.6) is 5.75 Å². The standard InChI is InChI=1S/C20H16N2O3S/c1-22-19(23)18(26-20(22)24)17-9-7-14-11-15(8-10-16(14)21-17)25-12-13-5-3-2-4-6-13/h2-11,18H,12H2,1H3. The Morgan fingerprint density at radius 2 is 1.88 bits per heavy atom. The Morgan fingerprint density at radius 3 is 2.62 bits per heavy atom. The minimum Gasteiger partial charge on any atom is -0.489 e. The molecule has 1 aromatic heterocycles. The van der Waals surface area contributed by atoms with Crippen LogP contribution in [0, 0.1) is 0 Å². The lowest BCUT2D eigenvalue weighted by Gasteiger charge is -2.10. The summed E-state index contributed by atoms with van der Waals surface area (Å²) in [5, 5.41) is 0.118. The van der Waals surface area contributed by atoms with Crippen LogP contribution in [0.3, 0.4) is 0 Å². The number of amides is 2. The third-order valence-corrected chi connectivity index (χ3v) is 5.40. The fraction of sp³-hybridized carbons (Fsp3) is 0.150. The first-order valence-corrected chi connectivity index (χ1v) is 9.05. The largest absolute Gasteiger partial charge is 0.489 e. The number of benzene rings is 2. The number of carbonyl (C=O) groups is 2. The monoisotopic (exact) mass is 364 g/mol. The Hall–Kier alpha value is -2.86. The SMILES string of the molecule is CN1C(=O)SC(c2ccc3cc(OCc4ccccc4)ccc3n2)C1=O. The molecule has 1 fully saturated rings. The molecule has 0 aliphatic carbocycles. The molecule has 0 spiro atoms. The molecule has 4 rings (SSSR count). The first-order valence-electron chi connectivity index (χ1n) is 8.17. The third kappa shape index (κ3) is 3.15. The second-order valence-electron chi connectivity index (χ2n) is 6.03. The predicted octanol–water partition coefficient (Wildman–Crippen LogP) is 4.18. The zero-order valence-electron chi connectivity index (χ0n) is 14.1. The van der Waals surface area contributed by atoms with Gasteiger partial charge in [-0.3, -0.25) is 19.5 Å². The molecular formula is C20H16N2O3S. The normalized spacial score (nSPS) is 17.1. The third-order valence-electron chi connectivity index (χ3n) is 4.25. The van der Waals surface area contributed by atoms with Crippen molar-refractivity contribution >= 4 is 33.8 Å². The van der Waals surface area contributed by atoms with Gasteiger partial charge in [0.15, 0.2) is 0 Å². The van der Waals surface area contributed by atoms with Crippen LogP contribution in [-0.4, -0.2) is 28.1 Å². The van der Waals surface area contributed by atoms with Crippen LogP contribution >= 0.6 is 11.8 Å². The van der Waals surface area contributed by atoms with E-state index in [0.717, 1.165) is 38.9 Å². The maximum absolute atomic E-state index is 12.2. The van der Waals surface area contributed by atoms with Crippen molar-refractivity contribution in [2.75, 3.05) is 7.05 Å². The van der Waals surface area contributed by atoms with E-state index in [1.54, 1.807) is 6.07 Å². The average Bonchev–Trinajstić information content (AvgIpc) is 2.94. The van der Waals surface area contributed by atoms with E-state index >= 15 is 0 Å². The fourth-order valence-corrected chi connectivity index (χ4v) is 3.74. The van der Waals surface area contributed by atoms with Gasteiger partial charge in [0.05, 0.1) is 11.2 Å². The number of rotatable bonds is 4. The second-order valence-corrected chi connectivity index (χ2v) is 7.08. The van der Waals surface area contributed by atoms with Crippen LogP contribution in [0.4, 0.5) is 4.79 Å². The van der Waals surface area contributed by atoms with Gasteiger partial charge in [-0.2, -0.15) is 0 Å². The molecule has 26 heavy (non-hydrogen) atoms. The number of hydrogen-bond donors (Lipinski definition) is 0. The van der Waals surface area contributed by atoms with Crippen LogP contribution in [0.1, 0.15) is 16.5 Å². The molecular weight excluding hydrogens is 348 g/mol. The lowest BCUT2D eigenvalue weighted by atomic mass is 10.1. The van der Waals surface area contributed by atoms with Gasteiger partial charge in [-0.25, -0.2) is 0 Å². The van der Waals surface area contributed by atoms with E-state index < -0.39 is 5.25 Å². The van der Waals surface area contributed by atoms with Crippen LogP contribution in [-0.2, 0) is 11.4 Å². The first kappa shape index (κ1) is 16.6. The van der Waals surface area contributed by atoms with Crippen LogP contribution in [0.25, 0.3) is 10.9 Å². The van der Waals surface area contributed by atoms with Gasteiger partial charge in [0.2, 0.25) is 5.91 Å². The summed E-state index contributed by atoms with van der Waals surface area (Å²) in [6, 6.07) is 19.3. The van der Waals surface area contributed by atoms with E-state index in [4.69, 9.17) is 4.74 Å². The Kier molecular flexibility index (Phi) is 4.34. The van der Waals surface area contributed by atoms with E-state index in [1.165, 1.54) is 7.05 Å². The second kappa shape index (κ2) is 6.80. The number of fused-ring (bicyclic) bond motifs is 1. The van der Waals surface area contributed by atoms with Gasteiger partial charge in [0.25, 0.3) is 5.24 Å². The molecule has 5 nitrogen and oxygen atoms in total. The summed E-state index contributed by atoms with van der Waals surface area (Å²) >= 11 is 1.00. The van der Waals surface area contributed by atoms with Crippen molar-refractivity contribution in [2.45, 2.75) is 11.9 Å². The van der Waals surface area contributed by atoms with Crippen LogP contribution < -0.4 is 4.74 Å². The number of likely N-dealkylation sites (N-methyl/N-ethyl adjacent to an activating group) is 1. The molecule has 2 aromatic carbocycles. The Morgan fingerprint density at radius 1 is 1.08 bits per heavy atom. The summed E-state index contributed by atoms with van der Waals surface area (Å²) in [7, 11) is 1.50. The summed E-state index contributed by atoms with van der Waals surface area (Å²) < 4.78 is 5.84. The van der Waals surface area contributed by atoms with Crippen LogP contribution in [0.15, 0.2) is 60.7 Å². The summed E-state index contributed by atoms with van der Waals surface area (Å²) in [6.07, 6.45) is 0. The Bertz CT molecular complexity index is 991. The van der Waals surface area contributed by atoms with E-state index in [1.807, 2.05) is 54.6 Å². The molecule has 1 aliphatic heterocycles. The minimum absolute atomic E-state index is 0.227. The van der Waals surface area contributed by atoms with Crippen molar-refractivity contribution in [1.29, 1.82) is 0 Å². The van der Waals surface area contributed by atoms with Crippen molar-refractivity contribution in [3.05, 3.63) is 71.9 Å². The highest BCUT2D eigenvalue weighted by Gasteiger charge is 2.39. The molecule has 1 aliphatic rings. The number of pyridine rings is 1. The molecule has 1 atom stereocenters. The van der Waals surface area contributed by atoms with E-state index in [9.17, 15) is 9.59 Å². The molecule has 0 N–H and O–H groups in total. The maximum atomic E-state index is 12.2. The number of nitrogens with zero attached hydrogens (tertiary/aromatic N) is 2.